The molecule has 2 rings (SSSR count). The van der Waals surface area contributed by atoms with Crippen molar-refractivity contribution in [3.8, 4) is 17.2 Å². The summed E-state index contributed by atoms with van der Waals surface area (Å²) in [4.78, 5) is 35.5. The molecule has 2 aromatic carbocycles. The molecule has 0 saturated heterocycles. The third-order valence-electron chi connectivity index (χ3n) is 3.55. The number of rotatable bonds is 8. The molecule has 0 spiro atoms. The van der Waals surface area contributed by atoms with Crippen LogP contribution in [0.4, 0.5) is 5.69 Å². The molecule has 0 unspecified atom stereocenters. The van der Waals surface area contributed by atoms with Gasteiger partial charge in [0, 0.05) is 11.3 Å². The smallest absolute Gasteiger partial charge is 0.325 e. The van der Waals surface area contributed by atoms with Crippen molar-refractivity contribution in [2.75, 3.05) is 32.7 Å². The molecule has 2 amide bonds. The van der Waals surface area contributed by atoms with Crippen molar-refractivity contribution in [3.63, 3.8) is 0 Å². The van der Waals surface area contributed by atoms with Gasteiger partial charge in [-0.05, 0) is 42.5 Å². The van der Waals surface area contributed by atoms with Crippen LogP contribution in [0, 0.1) is 0 Å². The first-order valence-electron chi connectivity index (χ1n) is 8.17. The van der Waals surface area contributed by atoms with Gasteiger partial charge in [-0.1, -0.05) is 0 Å². The van der Waals surface area contributed by atoms with Crippen molar-refractivity contribution in [3.05, 3.63) is 48.0 Å². The summed E-state index contributed by atoms with van der Waals surface area (Å²) in [6.07, 6.45) is 0. The molecule has 9 heteroatoms. The SMILES string of the molecule is COc1ccc(C(=O)NCC(=O)OCC(=O)Nc2ccc(O)cc2)cc1OC. The first-order valence-corrected chi connectivity index (χ1v) is 8.17. The lowest BCUT2D eigenvalue weighted by molar-refractivity contribution is -0.146. The van der Waals surface area contributed by atoms with E-state index in [4.69, 9.17) is 14.2 Å². The standard InChI is InChI=1S/C19H20N2O7/c1-26-15-8-3-12(9-16(15)27-2)19(25)20-10-18(24)28-11-17(23)21-13-4-6-14(22)7-5-13/h3-9,22H,10-11H2,1-2H3,(H,20,25)(H,21,23). The van der Waals surface area contributed by atoms with Gasteiger partial charge in [-0.2, -0.15) is 0 Å². The number of aromatic hydroxyl groups is 1. The van der Waals surface area contributed by atoms with Crippen LogP contribution in [0.25, 0.3) is 0 Å². The predicted molar refractivity (Wildman–Crippen MR) is 99.6 cm³/mol. The Labute approximate surface area is 161 Å². The van der Waals surface area contributed by atoms with E-state index in [1.807, 2.05) is 0 Å². The van der Waals surface area contributed by atoms with Crippen LogP contribution >= 0.6 is 0 Å². The number of hydrogen-bond donors (Lipinski definition) is 3. The molecule has 0 aliphatic carbocycles. The van der Waals surface area contributed by atoms with Gasteiger partial charge >= 0.3 is 5.97 Å². The Balaban J connectivity index is 1.78. The third-order valence-corrected chi connectivity index (χ3v) is 3.55. The predicted octanol–water partition coefficient (Wildman–Crippen LogP) is 1.32. The monoisotopic (exact) mass is 388 g/mol. The van der Waals surface area contributed by atoms with Gasteiger partial charge in [-0.15, -0.1) is 0 Å². The summed E-state index contributed by atoms with van der Waals surface area (Å²) in [5, 5.41) is 14.1. The first kappa shape index (κ1) is 20.6. The van der Waals surface area contributed by atoms with Crippen LogP contribution in [-0.4, -0.2) is 50.3 Å². The highest BCUT2D eigenvalue weighted by Crippen LogP contribution is 2.27. The van der Waals surface area contributed by atoms with Crippen molar-refractivity contribution >= 4 is 23.5 Å². The van der Waals surface area contributed by atoms with Gasteiger partial charge in [0.05, 0.1) is 14.2 Å². The summed E-state index contributed by atoms with van der Waals surface area (Å²) < 4.78 is 15.0. The van der Waals surface area contributed by atoms with Gasteiger partial charge in [-0.3, -0.25) is 14.4 Å². The maximum Gasteiger partial charge on any atom is 0.325 e. The van der Waals surface area contributed by atoms with Crippen LogP contribution in [-0.2, 0) is 14.3 Å². The van der Waals surface area contributed by atoms with Gasteiger partial charge in [0.15, 0.2) is 18.1 Å². The number of anilines is 1. The van der Waals surface area contributed by atoms with Gasteiger partial charge in [-0.25, -0.2) is 0 Å². The zero-order chi connectivity index (χ0) is 20.5. The lowest BCUT2D eigenvalue weighted by Gasteiger charge is -2.10. The quantitative estimate of drug-likeness (QED) is 0.460. The van der Waals surface area contributed by atoms with Gasteiger partial charge in [0.2, 0.25) is 0 Å². The van der Waals surface area contributed by atoms with Crippen LogP contribution < -0.4 is 20.1 Å². The van der Waals surface area contributed by atoms with Crippen molar-refractivity contribution in [2.24, 2.45) is 0 Å². The highest BCUT2D eigenvalue weighted by Gasteiger charge is 2.13. The molecule has 0 saturated carbocycles. The van der Waals surface area contributed by atoms with E-state index in [1.54, 1.807) is 6.07 Å². The summed E-state index contributed by atoms with van der Waals surface area (Å²) in [5.41, 5.74) is 0.719. The molecule has 0 heterocycles. The minimum Gasteiger partial charge on any atom is -0.508 e. The second-order valence-electron chi connectivity index (χ2n) is 5.51. The average Bonchev–Trinajstić information content (AvgIpc) is 2.71. The van der Waals surface area contributed by atoms with E-state index in [-0.39, 0.29) is 11.3 Å². The molecular weight excluding hydrogens is 368 g/mol. The van der Waals surface area contributed by atoms with Gasteiger partial charge in [0.1, 0.15) is 12.3 Å². The van der Waals surface area contributed by atoms with Crippen LogP contribution in [0.2, 0.25) is 0 Å². The number of carbonyl (C=O) groups is 3. The summed E-state index contributed by atoms with van der Waals surface area (Å²) in [7, 11) is 2.92. The molecule has 28 heavy (non-hydrogen) atoms. The molecule has 2 aromatic rings. The van der Waals surface area contributed by atoms with Crippen LogP contribution in [0.15, 0.2) is 42.5 Å². The van der Waals surface area contributed by atoms with Crippen molar-refractivity contribution in [1.82, 2.24) is 5.32 Å². The number of esters is 1. The van der Waals surface area contributed by atoms with Gasteiger partial charge < -0.3 is 30.0 Å². The molecule has 0 fully saturated rings. The average molecular weight is 388 g/mol. The molecule has 9 nitrogen and oxygen atoms in total. The molecule has 0 bridgehead atoms. The van der Waals surface area contributed by atoms with Crippen molar-refractivity contribution in [1.29, 1.82) is 0 Å². The molecule has 0 aliphatic heterocycles. The largest absolute Gasteiger partial charge is 0.508 e. The fourth-order valence-corrected chi connectivity index (χ4v) is 2.17. The second kappa shape index (κ2) is 9.81. The minimum absolute atomic E-state index is 0.0645. The van der Waals surface area contributed by atoms with Crippen LogP contribution in [0.1, 0.15) is 10.4 Å². The van der Waals surface area contributed by atoms with Crippen LogP contribution in [0.3, 0.4) is 0 Å². The lowest BCUT2D eigenvalue weighted by Crippen LogP contribution is -2.32. The molecule has 0 radical (unpaired) electrons. The first-order chi connectivity index (χ1) is 13.4. The molecular formula is C19H20N2O7. The molecule has 0 atom stereocenters. The number of methoxy groups -OCH3 is 2. The number of carbonyl (C=O) groups excluding carboxylic acids is 3. The van der Waals surface area contributed by atoms with Gasteiger partial charge in [0.25, 0.3) is 11.8 Å². The minimum atomic E-state index is -0.769. The van der Waals surface area contributed by atoms with E-state index in [1.165, 1.54) is 50.6 Å². The molecule has 0 aliphatic rings. The zero-order valence-corrected chi connectivity index (χ0v) is 15.4. The number of hydrogen-bond acceptors (Lipinski definition) is 7. The Morgan fingerprint density at radius 1 is 0.964 bits per heavy atom. The van der Waals surface area contributed by atoms with E-state index in [0.29, 0.717) is 17.2 Å². The number of amides is 2. The Morgan fingerprint density at radius 3 is 2.29 bits per heavy atom. The van der Waals surface area contributed by atoms with E-state index >= 15 is 0 Å². The molecule has 3 N–H and O–H groups in total. The Morgan fingerprint density at radius 2 is 1.64 bits per heavy atom. The number of benzene rings is 2. The fraction of sp³-hybridized carbons (Fsp3) is 0.211. The lowest BCUT2D eigenvalue weighted by atomic mass is 10.2. The number of ether oxygens (including phenoxy) is 3. The second-order valence-corrected chi connectivity index (χ2v) is 5.51. The summed E-state index contributed by atoms with van der Waals surface area (Å²) in [6.45, 7) is -0.911. The van der Waals surface area contributed by atoms with E-state index in [2.05, 4.69) is 10.6 Å². The maximum atomic E-state index is 12.1. The Bertz CT molecular complexity index is 850. The normalized spacial score (nSPS) is 9.93. The van der Waals surface area contributed by atoms with E-state index < -0.39 is 30.9 Å². The molecule has 0 aromatic heterocycles. The third kappa shape index (κ3) is 5.90. The summed E-state index contributed by atoms with van der Waals surface area (Å²) >= 11 is 0. The van der Waals surface area contributed by atoms with Crippen molar-refractivity contribution < 1.29 is 33.7 Å². The fourth-order valence-electron chi connectivity index (χ4n) is 2.17. The number of nitrogens with one attached hydrogen (secondary N) is 2. The molecule has 148 valence electrons. The Hall–Kier alpha value is -3.75. The van der Waals surface area contributed by atoms with Crippen molar-refractivity contribution in [2.45, 2.75) is 0 Å². The topological polar surface area (TPSA) is 123 Å². The Kier molecular flexibility index (Phi) is 7.21. The highest BCUT2D eigenvalue weighted by atomic mass is 16.5. The number of phenolic OH excluding ortho intramolecular Hbond substituents is 1. The van der Waals surface area contributed by atoms with E-state index in [9.17, 15) is 19.5 Å². The van der Waals surface area contributed by atoms with E-state index in [0.717, 1.165) is 0 Å². The van der Waals surface area contributed by atoms with Crippen LogP contribution in [0.5, 0.6) is 17.2 Å². The summed E-state index contributed by atoms with van der Waals surface area (Å²) in [6, 6.07) is 10.4. The zero-order valence-electron chi connectivity index (χ0n) is 15.4. The highest BCUT2D eigenvalue weighted by molar-refractivity contribution is 5.97. The summed E-state index contributed by atoms with van der Waals surface area (Å²) in [5.74, 6) is -0.914. The maximum absolute atomic E-state index is 12.1. The number of phenols is 1.